The van der Waals surface area contributed by atoms with E-state index in [0.29, 0.717) is 18.8 Å². The van der Waals surface area contributed by atoms with Crippen molar-refractivity contribution in [3.8, 4) is 5.88 Å². The number of nitrogens with zero attached hydrogens (tertiary/aromatic N) is 3. The zero-order valence-electron chi connectivity index (χ0n) is 12.8. The number of hydrogen-bond donors (Lipinski definition) is 0. The second kappa shape index (κ2) is 7.97. The topological polar surface area (TPSA) is 55.3 Å². The molecule has 2 heterocycles. The highest BCUT2D eigenvalue weighted by Crippen LogP contribution is 2.20. The summed E-state index contributed by atoms with van der Waals surface area (Å²) < 4.78 is 5.76. The van der Waals surface area contributed by atoms with Crippen molar-refractivity contribution < 1.29 is 9.53 Å². The van der Waals surface area contributed by atoms with E-state index in [0.717, 1.165) is 18.7 Å². The first-order valence-corrected chi connectivity index (χ1v) is 8.68. The van der Waals surface area contributed by atoms with Gasteiger partial charge in [-0.05, 0) is 12.1 Å². The van der Waals surface area contributed by atoms with E-state index in [2.05, 4.69) is 22.1 Å². The number of ether oxygens (including phenoxy) is 1. The maximum absolute atomic E-state index is 12.3. The standard InChI is InChI=1S/C17H19N3O2S/c21-17(7-11-23-15-4-2-1-3-5-15)20-10-6-14(13-20)22-16-12-18-8-9-19-16/h1-5,8-9,12,14H,6-7,10-11,13H2. The Labute approximate surface area is 140 Å². The highest BCUT2D eigenvalue weighted by Gasteiger charge is 2.27. The molecule has 1 amide bonds. The SMILES string of the molecule is O=C(CCSc1ccccc1)N1CCC(Oc2cnccn2)C1. The first-order valence-electron chi connectivity index (χ1n) is 7.69. The predicted octanol–water partition coefficient (Wildman–Crippen LogP) is 2.64. The summed E-state index contributed by atoms with van der Waals surface area (Å²) in [7, 11) is 0. The molecule has 120 valence electrons. The highest BCUT2D eigenvalue weighted by molar-refractivity contribution is 7.99. The van der Waals surface area contributed by atoms with Crippen LogP contribution >= 0.6 is 11.8 Å². The summed E-state index contributed by atoms with van der Waals surface area (Å²) in [6, 6.07) is 10.2. The van der Waals surface area contributed by atoms with Crippen LogP contribution in [0.5, 0.6) is 5.88 Å². The fourth-order valence-electron chi connectivity index (χ4n) is 2.50. The van der Waals surface area contributed by atoms with E-state index in [4.69, 9.17) is 4.74 Å². The molecule has 5 nitrogen and oxygen atoms in total. The van der Waals surface area contributed by atoms with Gasteiger partial charge < -0.3 is 9.64 Å². The molecule has 1 fully saturated rings. The van der Waals surface area contributed by atoms with Crippen LogP contribution in [0, 0.1) is 0 Å². The molecule has 0 spiro atoms. The Morgan fingerprint density at radius 1 is 1.30 bits per heavy atom. The third kappa shape index (κ3) is 4.69. The molecule has 1 atom stereocenters. The lowest BCUT2D eigenvalue weighted by Crippen LogP contribution is -2.31. The molecule has 1 aromatic heterocycles. The fraction of sp³-hybridized carbons (Fsp3) is 0.353. The number of thioether (sulfide) groups is 1. The number of carbonyl (C=O) groups excluding carboxylic acids is 1. The number of likely N-dealkylation sites (tertiary alicyclic amines) is 1. The Balaban J connectivity index is 1.41. The van der Waals surface area contributed by atoms with Gasteiger partial charge in [-0.25, -0.2) is 4.98 Å². The molecule has 6 heteroatoms. The summed E-state index contributed by atoms with van der Waals surface area (Å²) in [4.78, 5) is 23.4. The van der Waals surface area contributed by atoms with Crippen LogP contribution in [-0.2, 0) is 4.79 Å². The molecule has 1 aliphatic heterocycles. The minimum Gasteiger partial charge on any atom is -0.471 e. The van der Waals surface area contributed by atoms with Crippen LogP contribution in [-0.4, -0.2) is 45.7 Å². The molecule has 0 N–H and O–H groups in total. The van der Waals surface area contributed by atoms with Gasteiger partial charge >= 0.3 is 0 Å². The fourth-order valence-corrected chi connectivity index (χ4v) is 3.36. The number of rotatable bonds is 6. The summed E-state index contributed by atoms with van der Waals surface area (Å²) in [5.74, 6) is 1.51. The van der Waals surface area contributed by atoms with Crippen LogP contribution < -0.4 is 4.74 Å². The summed E-state index contributed by atoms with van der Waals surface area (Å²) in [5, 5.41) is 0. The van der Waals surface area contributed by atoms with Gasteiger partial charge in [0.1, 0.15) is 6.10 Å². The molecule has 0 aliphatic carbocycles. The predicted molar refractivity (Wildman–Crippen MR) is 89.4 cm³/mol. The molecule has 1 aliphatic rings. The van der Waals surface area contributed by atoms with Crippen molar-refractivity contribution in [3.63, 3.8) is 0 Å². The summed E-state index contributed by atoms with van der Waals surface area (Å²) in [5.41, 5.74) is 0. The van der Waals surface area contributed by atoms with Gasteiger partial charge in [-0.1, -0.05) is 18.2 Å². The number of benzene rings is 1. The van der Waals surface area contributed by atoms with Crippen LogP contribution in [0.1, 0.15) is 12.8 Å². The van der Waals surface area contributed by atoms with Gasteiger partial charge in [0.25, 0.3) is 0 Å². The first-order chi connectivity index (χ1) is 11.3. The van der Waals surface area contributed by atoms with E-state index in [-0.39, 0.29) is 12.0 Å². The van der Waals surface area contributed by atoms with Gasteiger partial charge in [0.15, 0.2) is 0 Å². The highest BCUT2D eigenvalue weighted by atomic mass is 32.2. The summed E-state index contributed by atoms with van der Waals surface area (Å²) >= 11 is 1.71. The van der Waals surface area contributed by atoms with Crippen molar-refractivity contribution in [2.45, 2.75) is 23.8 Å². The van der Waals surface area contributed by atoms with Crippen LogP contribution in [0.15, 0.2) is 53.8 Å². The second-order valence-corrected chi connectivity index (χ2v) is 6.49. The van der Waals surface area contributed by atoms with Crippen molar-refractivity contribution in [2.24, 2.45) is 0 Å². The number of carbonyl (C=O) groups is 1. The quantitative estimate of drug-likeness (QED) is 0.763. The van der Waals surface area contributed by atoms with Gasteiger partial charge in [0, 0.05) is 42.4 Å². The van der Waals surface area contributed by atoms with Gasteiger partial charge in [0.2, 0.25) is 11.8 Å². The molecule has 3 rings (SSSR count). The Morgan fingerprint density at radius 3 is 2.96 bits per heavy atom. The van der Waals surface area contributed by atoms with Gasteiger partial charge in [-0.3, -0.25) is 9.78 Å². The Hall–Kier alpha value is -2.08. The lowest BCUT2D eigenvalue weighted by Gasteiger charge is -2.16. The van der Waals surface area contributed by atoms with E-state index < -0.39 is 0 Å². The molecular weight excluding hydrogens is 310 g/mol. The number of aromatic nitrogens is 2. The second-order valence-electron chi connectivity index (χ2n) is 5.32. The number of amides is 1. The van der Waals surface area contributed by atoms with Crippen molar-refractivity contribution >= 4 is 17.7 Å². The Bertz CT molecular complexity index is 624. The monoisotopic (exact) mass is 329 g/mol. The van der Waals surface area contributed by atoms with Crippen molar-refractivity contribution in [1.82, 2.24) is 14.9 Å². The first kappa shape index (κ1) is 15.8. The Kier molecular flexibility index (Phi) is 5.47. The zero-order valence-corrected chi connectivity index (χ0v) is 13.6. The average Bonchev–Trinajstić information content (AvgIpc) is 3.05. The normalized spacial score (nSPS) is 17.2. The van der Waals surface area contributed by atoms with Gasteiger partial charge in [-0.15, -0.1) is 11.8 Å². The summed E-state index contributed by atoms with van der Waals surface area (Å²) in [6.07, 6.45) is 6.22. The minimum atomic E-state index is 0.0115. The van der Waals surface area contributed by atoms with E-state index in [1.165, 1.54) is 4.90 Å². The lowest BCUT2D eigenvalue weighted by atomic mass is 10.3. The van der Waals surface area contributed by atoms with E-state index >= 15 is 0 Å². The molecule has 0 radical (unpaired) electrons. The minimum absolute atomic E-state index is 0.0115. The van der Waals surface area contributed by atoms with E-state index in [1.54, 1.807) is 30.4 Å². The van der Waals surface area contributed by atoms with Crippen molar-refractivity contribution in [2.75, 3.05) is 18.8 Å². The molecule has 0 saturated carbocycles. The third-order valence-corrected chi connectivity index (χ3v) is 4.67. The number of hydrogen-bond acceptors (Lipinski definition) is 5. The largest absolute Gasteiger partial charge is 0.471 e. The van der Waals surface area contributed by atoms with E-state index in [1.807, 2.05) is 23.1 Å². The van der Waals surface area contributed by atoms with Crippen LogP contribution in [0.4, 0.5) is 0 Å². The third-order valence-electron chi connectivity index (χ3n) is 3.65. The van der Waals surface area contributed by atoms with E-state index in [9.17, 15) is 4.79 Å². The van der Waals surface area contributed by atoms with Gasteiger partial charge in [-0.2, -0.15) is 0 Å². The maximum atomic E-state index is 12.3. The smallest absolute Gasteiger partial charge is 0.232 e. The zero-order chi connectivity index (χ0) is 15.9. The molecule has 2 aromatic rings. The molecule has 1 unspecified atom stereocenters. The molecular formula is C17H19N3O2S. The molecule has 0 bridgehead atoms. The van der Waals surface area contributed by atoms with Crippen molar-refractivity contribution in [3.05, 3.63) is 48.9 Å². The van der Waals surface area contributed by atoms with Gasteiger partial charge in [0.05, 0.1) is 12.7 Å². The van der Waals surface area contributed by atoms with Crippen LogP contribution in [0.25, 0.3) is 0 Å². The lowest BCUT2D eigenvalue weighted by molar-refractivity contribution is -0.129. The van der Waals surface area contributed by atoms with Crippen LogP contribution in [0.2, 0.25) is 0 Å². The Morgan fingerprint density at radius 2 is 2.17 bits per heavy atom. The molecule has 1 saturated heterocycles. The molecule has 23 heavy (non-hydrogen) atoms. The maximum Gasteiger partial charge on any atom is 0.232 e. The molecule has 1 aromatic carbocycles. The average molecular weight is 329 g/mol. The van der Waals surface area contributed by atoms with Crippen LogP contribution in [0.3, 0.4) is 0 Å². The van der Waals surface area contributed by atoms with Crippen molar-refractivity contribution in [1.29, 1.82) is 0 Å². The summed E-state index contributed by atoms with van der Waals surface area (Å²) in [6.45, 7) is 1.38.